The number of amides is 1. The van der Waals surface area contributed by atoms with Gasteiger partial charge in [-0.3, -0.25) is 14.6 Å². The normalized spacial score (nSPS) is 26.8. The fourth-order valence-electron chi connectivity index (χ4n) is 4.14. The third-order valence-corrected chi connectivity index (χ3v) is 5.92. The van der Waals surface area contributed by atoms with Crippen LogP contribution in [0.4, 0.5) is 0 Å². The van der Waals surface area contributed by atoms with E-state index in [0.29, 0.717) is 12.1 Å². The lowest BCUT2D eigenvalue weighted by molar-refractivity contribution is -0.134. The first-order valence-electron chi connectivity index (χ1n) is 9.63. The van der Waals surface area contributed by atoms with Crippen molar-refractivity contribution < 1.29 is 4.79 Å². The molecule has 138 valence electrons. The molecular weight excluding hydrogens is 312 g/mol. The summed E-state index contributed by atoms with van der Waals surface area (Å²) in [7, 11) is 0. The second-order valence-corrected chi connectivity index (χ2v) is 7.57. The molecule has 0 bridgehead atoms. The van der Waals surface area contributed by atoms with Gasteiger partial charge in [0.2, 0.25) is 5.91 Å². The summed E-state index contributed by atoms with van der Waals surface area (Å²) in [5.74, 6) is 0.0487. The zero-order chi connectivity index (χ0) is 17.8. The molecule has 0 aromatic heterocycles. The lowest BCUT2D eigenvalue weighted by Gasteiger charge is -2.37. The van der Waals surface area contributed by atoms with Crippen LogP contribution in [0.5, 0.6) is 0 Å². The Balaban J connectivity index is 1.44. The van der Waals surface area contributed by atoms with Crippen LogP contribution in [0.3, 0.4) is 0 Å². The van der Waals surface area contributed by atoms with E-state index in [0.717, 1.165) is 44.8 Å². The molecule has 2 saturated heterocycles. The summed E-state index contributed by atoms with van der Waals surface area (Å²) in [5, 5.41) is 0. The molecule has 3 unspecified atom stereocenters. The third kappa shape index (κ3) is 4.40. The Bertz CT molecular complexity index is 546. The lowest BCUT2D eigenvalue weighted by atomic mass is 10.1. The highest BCUT2D eigenvalue weighted by atomic mass is 16.2. The van der Waals surface area contributed by atoms with E-state index in [-0.39, 0.29) is 5.91 Å². The van der Waals surface area contributed by atoms with Crippen molar-refractivity contribution in [2.75, 3.05) is 39.3 Å². The molecule has 2 fully saturated rings. The van der Waals surface area contributed by atoms with Crippen molar-refractivity contribution in [2.24, 2.45) is 5.73 Å². The second-order valence-electron chi connectivity index (χ2n) is 7.57. The second kappa shape index (κ2) is 8.30. The average Bonchev–Trinajstić information content (AvgIpc) is 2.98. The van der Waals surface area contributed by atoms with E-state index in [9.17, 15) is 4.79 Å². The maximum atomic E-state index is 12.6. The van der Waals surface area contributed by atoms with E-state index < -0.39 is 6.04 Å². The monoisotopic (exact) mass is 344 g/mol. The number of carbonyl (C=O) groups excluding carboxylic acids is 1. The molecule has 1 aromatic carbocycles. The number of likely N-dealkylation sites (tertiary alicyclic amines) is 1. The minimum absolute atomic E-state index is 0.0487. The van der Waals surface area contributed by atoms with Gasteiger partial charge in [-0.15, -0.1) is 0 Å². The molecule has 5 nitrogen and oxygen atoms in total. The third-order valence-electron chi connectivity index (χ3n) is 5.92. The molecule has 3 atom stereocenters. The van der Waals surface area contributed by atoms with Gasteiger partial charge < -0.3 is 10.6 Å². The molecule has 1 aromatic rings. The summed E-state index contributed by atoms with van der Waals surface area (Å²) < 4.78 is 0. The lowest BCUT2D eigenvalue weighted by Crippen LogP contribution is -2.52. The number of nitrogens with zero attached hydrogens (tertiary/aromatic N) is 3. The quantitative estimate of drug-likeness (QED) is 0.883. The van der Waals surface area contributed by atoms with E-state index in [1.807, 2.05) is 35.2 Å². The van der Waals surface area contributed by atoms with Gasteiger partial charge in [0.15, 0.2) is 0 Å². The number of nitrogens with two attached hydrogens (primary N) is 1. The van der Waals surface area contributed by atoms with Gasteiger partial charge in [-0.05, 0) is 32.3 Å². The molecule has 2 heterocycles. The van der Waals surface area contributed by atoms with Crippen molar-refractivity contribution in [1.29, 1.82) is 0 Å². The van der Waals surface area contributed by atoms with Crippen LogP contribution in [0.15, 0.2) is 30.3 Å². The number of benzene rings is 1. The van der Waals surface area contributed by atoms with E-state index in [1.165, 1.54) is 12.8 Å². The van der Waals surface area contributed by atoms with Gasteiger partial charge in [0.25, 0.3) is 0 Å². The van der Waals surface area contributed by atoms with Crippen LogP contribution >= 0.6 is 0 Å². The van der Waals surface area contributed by atoms with Crippen LogP contribution < -0.4 is 5.73 Å². The molecule has 2 aliphatic rings. The minimum atomic E-state index is -0.543. The van der Waals surface area contributed by atoms with Gasteiger partial charge in [-0.2, -0.15) is 0 Å². The van der Waals surface area contributed by atoms with Gasteiger partial charge in [-0.25, -0.2) is 0 Å². The van der Waals surface area contributed by atoms with Gasteiger partial charge in [0.1, 0.15) is 6.04 Å². The molecule has 0 saturated carbocycles. The molecule has 25 heavy (non-hydrogen) atoms. The maximum Gasteiger partial charge on any atom is 0.244 e. The topological polar surface area (TPSA) is 52.8 Å². The van der Waals surface area contributed by atoms with Crippen LogP contribution in [0.2, 0.25) is 0 Å². The standard InChI is InChI=1S/C20H32N4O/c1-16-8-9-17(2)24(16)15-12-22-10-13-23(14-11-22)20(25)19(21)18-6-4-3-5-7-18/h3-7,16-17,19H,8-15,21H2,1-2H3. The molecule has 2 aliphatic heterocycles. The predicted molar refractivity (Wildman–Crippen MR) is 101 cm³/mol. The Labute approximate surface area is 151 Å². The van der Waals surface area contributed by atoms with Crippen molar-refractivity contribution >= 4 is 5.91 Å². The van der Waals surface area contributed by atoms with E-state index >= 15 is 0 Å². The Morgan fingerprint density at radius 2 is 1.64 bits per heavy atom. The summed E-state index contributed by atoms with van der Waals surface area (Å²) >= 11 is 0. The predicted octanol–water partition coefficient (Wildman–Crippen LogP) is 1.70. The Kier molecular flexibility index (Phi) is 6.10. The molecule has 0 aliphatic carbocycles. The highest BCUT2D eigenvalue weighted by Crippen LogP contribution is 2.23. The maximum absolute atomic E-state index is 12.6. The van der Waals surface area contributed by atoms with Crippen molar-refractivity contribution in [3.63, 3.8) is 0 Å². The highest BCUT2D eigenvalue weighted by molar-refractivity contribution is 5.83. The molecule has 2 N–H and O–H groups in total. The van der Waals surface area contributed by atoms with Crippen LogP contribution in [0.1, 0.15) is 38.3 Å². The van der Waals surface area contributed by atoms with E-state index in [2.05, 4.69) is 23.6 Å². The Hall–Kier alpha value is -1.43. The van der Waals surface area contributed by atoms with Gasteiger partial charge >= 0.3 is 0 Å². The summed E-state index contributed by atoms with van der Waals surface area (Å²) in [4.78, 5) is 19.7. The van der Waals surface area contributed by atoms with Crippen molar-refractivity contribution in [3.05, 3.63) is 35.9 Å². The molecule has 0 spiro atoms. The number of piperazine rings is 1. The zero-order valence-electron chi connectivity index (χ0n) is 15.6. The van der Waals surface area contributed by atoms with Gasteiger partial charge in [0, 0.05) is 51.4 Å². The van der Waals surface area contributed by atoms with Crippen molar-refractivity contribution in [2.45, 2.75) is 44.8 Å². The van der Waals surface area contributed by atoms with Crippen molar-refractivity contribution in [3.8, 4) is 0 Å². The molecule has 5 heteroatoms. The summed E-state index contributed by atoms with van der Waals surface area (Å²) in [6.45, 7) is 10.4. The number of rotatable bonds is 5. The van der Waals surface area contributed by atoms with Crippen LogP contribution in [-0.2, 0) is 4.79 Å². The fraction of sp³-hybridized carbons (Fsp3) is 0.650. The minimum Gasteiger partial charge on any atom is -0.338 e. The molecule has 3 rings (SSSR count). The number of hydrogen-bond acceptors (Lipinski definition) is 4. The molecule has 0 radical (unpaired) electrons. The first-order chi connectivity index (χ1) is 12.1. The molecule has 1 amide bonds. The zero-order valence-corrected chi connectivity index (χ0v) is 15.6. The smallest absolute Gasteiger partial charge is 0.244 e. The molecular formula is C20H32N4O. The number of hydrogen-bond donors (Lipinski definition) is 1. The first-order valence-corrected chi connectivity index (χ1v) is 9.63. The van der Waals surface area contributed by atoms with Crippen LogP contribution in [0, 0.1) is 0 Å². The van der Waals surface area contributed by atoms with E-state index in [4.69, 9.17) is 5.73 Å². The SMILES string of the molecule is CC1CCC(C)N1CCN1CCN(C(=O)C(N)c2ccccc2)CC1. The van der Waals surface area contributed by atoms with E-state index in [1.54, 1.807) is 0 Å². The van der Waals surface area contributed by atoms with Crippen LogP contribution in [-0.4, -0.2) is 72.0 Å². The number of carbonyl (C=O) groups is 1. The van der Waals surface area contributed by atoms with Gasteiger partial charge in [-0.1, -0.05) is 30.3 Å². The van der Waals surface area contributed by atoms with Crippen LogP contribution in [0.25, 0.3) is 0 Å². The van der Waals surface area contributed by atoms with Crippen molar-refractivity contribution in [1.82, 2.24) is 14.7 Å². The van der Waals surface area contributed by atoms with Gasteiger partial charge in [0.05, 0.1) is 0 Å². The summed E-state index contributed by atoms with van der Waals surface area (Å²) in [5.41, 5.74) is 7.06. The summed E-state index contributed by atoms with van der Waals surface area (Å²) in [6, 6.07) is 10.5. The fourth-order valence-corrected chi connectivity index (χ4v) is 4.14. The highest BCUT2D eigenvalue weighted by Gasteiger charge is 2.29. The summed E-state index contributed by atoms with van der Waals surface area (Å²) in [6.07, 6.45) is 2.64. The Morgan fingerprint density at radius 1 is 1.04 bits per heavy atom. The largest absolute Gasteiger partial charge is 0.338 e. The Morgan fingerprint density at radius 3 is 2.24 bits per heavy atom. The first kappa shape index (κ1) is 18.4. The average molecular weight is 345 g/mol.